The van der Waals surface area contributed by atoms with E-state index < -0.39 is 28.8 Å². The topological polar surface area (TPSA) is 78.9 Å². The molecule has 3 aromatic carbocycles. The van der Waals surface area contributed by atoms with E-state index in [4.69, 9.17) is 14.2 Å². The number of benzene rings is 3. The first-order valence-corrected chi connectivity index (χ1v) is 14.8. The predicted octanol–water partition coefficient (Wildman–Crippen LogP) is 7.34. The van der Waals surface area contributed by atoms with Gasteiger partial charge in [0.1, 0.15) is 17.2 Å². The molecule has 3 rings (SSSR count). The van der Waals surface area contributed by atoms with E-state index in [0.29, 0.717) is 17.2 Å². The molecule has 0 heterocycles. The zero-order valence-electron chi connectivity index (χ0n) is 19.0. The Morgan fingerprint density at radius 2 is 0.703 bits per heavy atom. The average Bonchev–Trinajstić information content (AvgIpc) is 2.87. The van der Waals surface area contributed by atoms with E-state index in [2.05, 4.69) is 19.7 Å². The van der Waals surface area contributed by atoms with Crippen molar-refractivity contribution in [2.45, 2.75) is 14.7 Å². The summed E-state index contributed by atoms with van der Waals surface area (Å²) in [6, 6.07) is 21.6. The number of ether oxygens (including phenoxy) is 3. The molecule has 0 N–H and O–H groups in total. The summed E-state index contributed by atoms with van der Waals surface area (Å²) in [5.74, 6) is -0.323. The second-order valence-corrected chi connectivity index (χ2v) is 13.0. The van der Waals surface area contributed by atoms with Crippen LogP contribution in [0.1, 0.15) is 0 Å². The molecule has 0 unspecified atom stereocenters. The molecule has 0 amide bonds. The maximum atomic E-state index is 11.9. The smallest absolute Gasteiger partial charge is 0.349 e. The highest BCUT2D eigenvalue weighted by molar-refractivity contribution is 14.1. The van der Waals surface area contributed by atoms with Gasteiger partial charge in [0.2, 0.25) is 0 Å². The maximum Gasteiger partial charge on any atom is 0.349 e. The van der Waals surface area contributed by atoms with Crippen LogP contribution in [0.4, 0.5) is 0 Å². The largest absolute Gasteiger partial charge is 0.423 e. The van der Waals surface area contributed by atoms with Crippen LogP contribution in [0.2, 0.25) is 0 Å². The van der Waals surface area contributed by atoms with Gasteiger partial charge in [0.15, 0.2) is 14.7 Å². The number of esters is 3. The first-order chi connectivity index (χ1) is 17.5. The minimum absolute atomic E-state index is 0.278. The molecule has 0 fully saturated rings. The molecule has 10 heteroatoms. The van der Waals surface area contributed by atoms with Crippen molar-refractivity contribution >= 4 is 96.6 Å². The Morgan fingerprint density at radius 3 is 0.892 bits per heavy atom. The van der Waals surface area contributed by atoms with E-state index in [9.17, 15) is 14.4 Å². The SMILES string of the molecule is C=C(I)C(=O)Oc1ccc([S+](c2ccc(OC(=O)C(=C)I)cc2)c2ccc(OC(=O)C(=C)I)cc2)cc1. The Labute approximate surface area is 257 Å². The van der Waals surface area contributed by atoms with Gasteiger partial charge in [0.05, 0.1) is 21.6 Å². The van der Waals surface area contributed by atoms with Gasteiger partial charge in [-0.25, -0.2) is 14.4 Å². The summed E-state index contributed by atoms with van der Waals surface area (Å²) < 4.78 is 16.8. The van der Waals surface area contributed by atoms with E-state index in [-0.39, 0.29) is 10.7 Å². The summed E-state index contributed by atoms with van der Waals surface area (Å²) >= 11 is 5.44. The number of rotatable bonds is 9. The summed E-state index contributed by atoms with van der Waals surface area (Å²) in [6.45, 7) is 10.8. The van der Waals surface area contributed by atoms with Gasteiger partial charge in [0, 0.05) is 0 Å². The molecule has 6 nitrogen and oxygen atoms in total. The minimum Gasteiger partial charge on any atom is -0.423 e. The fourth-order valence-corrected chi connectivity index (χ4v) is 5.20. The van der Waals surface area contributed by atoms with E-state index >= 15 is 0 Å². The predicted molar refractivity (Wildman–Crippen MR) is 168 cm³/mol. The normalized spacial score (nSPS) is 10.4. The van der Waals surface area contributed by atoms with Crippen molar-refractivity contribution in [3.8, 4) is 17.2 Å². The van der Waals surface area contributed by atoms with Crippen LogP contribution in [-0.2, 0) is 25.3 Å². The third-order valence-corrected chi connectivity index (χ3v) is 8.03. The molecule has 0 bridgehead atoms. The summed E-state index contributed by atoms with van der Waals surface area (Å²) in [5, 5.41) is 0. The van der Waals surface area contributed by atoms with Gasteiger partial charge in [-0.3, -0.25) is 0 Å². The van der Waals surface area contributed by atoms with Gasteiger partial charge in [0.25, 0.3) is 0 Å². The van der Waals surface area contributed by atoms with Crippen molar-refractivity contribution in [2.75, 3.05) is 0 Å². The van der Waals surface area contributed by atoms with Crippen LogP contribution >= 0.6 is 67.8 Å². The Morgan fingerprint density at radius 1 is 0.486 bits per heavy atom. The highest BCUT2D eigenvalue weighted by Crippen LogP contribution is 2.34. The number of carbonyl (C=O) groups is 3. The van der Waals surface area contributed by atoms with Gasteiger partial charge in [-0.1, -0.05) is 19.7 Å². The van der Waals surface area contributed by atoms with Crippen LogP contribution in [0.25, 0.3) is 0 Å². The van der Waals surface area contributed by atoms with Crippen LogP contribution in [0, 0.1) is 0 Å². The molecule has 0 aliphatic rings. The molecule has 0 atom stereocenters. The second-order valence-electron chi connectivity index (χ2n) is 7.10. The van der Waals surface area contributed by atoms with Gasteiger partial charge in [-0.05, 0) is 141 Å². The molecule has 37 heavy (non-hydrogen) atoms. The summed E-state index contributed by atoms with van der Waals surface area (Å²) in [5.41, 5.74) is 0. The van der Waals surface area contributed by atoms with Crippen LogP contribution in [0.15, 0.2) is 118 Å². The van der Waals surface area contributed by atoms with Crippen LogP contribution < -0.4 is 14.2 Å². The molecule has 0 aromatic heterocycles. The first-order valence-electron chi connectivity index (χ1n) is 10.3. The van der Waals surface area contributed by atoms with Crippen molar-refractivity contribution < 1.29 is 28.6 Å². The number of hydrogen-bond acceptors (Lipinski definition) is 6. The summed E-state index contributed by atoms with van der Waals surface area (Å²) in [6.07, 6.45) is 0. The maximum absolute atomic E-state index is 11.9. The van der Waals surface area contributed by atoms with Gasteiger partial charge >= 0.3 is 17.9 Å². The van der Waals surface area contributed by atoms with E-state index in [1.165, 1.54) is 0 Å². The Bertz CT molecular complexity index is 1200. The molecular weight excluding hydrogens is 833 g/mol. The average molecular weight is 851 g/mol. The third kappa shape index (κ3) is 8.41. The molecule has 188 valence electrons. The van der Waals surface area contributed by atoms with Gasteiger partial charge < -0.3 is 14.2 Å². The molecule has 0 radical (unpaired) electrons. The summed E-state index contributed by atoms with van der Waals surface area (Å²) in [4.78, 5) is 38.4. The lowest BCUT2D eigenvalue weighted by atomic mass is 10.3. The molecule has 0 saturated carbocycles. The van der Waals surface area contributed by atoms with Crippen molar-refractivity contribution in [1.82, 2.24) is 0 Å². The Kier molecular flexibility index (Phi) is 10.8. The van der Waals surface area contributed by atoms with Crippen LogP contribution in [-0.4, -0.2) is 17.9 Å². The molecule has 0 spiro atoms. The van der Waals surface area contributed by atoms with Crippen molar-refractivity contribution in [3.63, 3.8) is 0 Å². The third-order valence-electron chi connectivity index (χ3n) is 4.47. The lowest BCUT2D eigenvalue weighted by Gasteiger charge is -2.11. The lowest BCUT2D eigenvalue weighted by molar-refractivity contribution is -0.130. The molecule has 3 aromatic rings. The van der Waals surface area contributed by atoms with E-state index in [0.717, 1.165) is 14.7 Å². The van der Waals surface area contributed by atoms with Gasteiger partial charge in [-0.15, -0.1) is 0 Å². The van der Waals surface area contributed by atoms with Crippen molar-refractivity contribution in [2.24, 2.45) is 0 Å². The number of halogens is 3. The quantitative estimate of drug-likeness (QED) is 0.0738. The molecule has 0 aliphatic carbocycles. The van der Waals surface area contributed by atoms with Crippen molar-refractivity contribution in [1.29, 1.82) is 0 Å². The monoisotopic (exact) mass is 851 g/mol. The molecular formula is C27H18I3O6S+. The molecule has 0 aliphatic heterocycles. The standard InChI is InChI=1S/C27H18I3O6S/c1-16(28)25(31)34-19-4-10-22(11-5-19)37(23-12-6-20(7-13-23)35-26(32)17(2)29)24-14-8-21(9-15-24)36-27(33)18(3)30/h4-15H,1-3H2/q+1. The van der Waals surface area contributed by atoms with E-state index in [1.54, 1.807) is 36.4 Å². The first kappa shape index (κ1) is 29.4. The minimum atomic E-state index is -0.582. The number of hydrogen-bond donors (Lipinski definition) is 0. The van der Waals surface area contributed by atoms with Crippen LogP contribution in [0.3, 0.4) is 0 Å². The fraction of sp³-hybridized carbons (Fsp3) is 0. The zero-order chi connectivity index (χ0) is 27.1. The highest BCUT2D eigenvalue weighted by Gasteiger charge is 2.29. The van der Waals surface area contributed by atoms with Gasteiger partial charge in [-0.2, -0.15) is 0 Å². The fourth-order valence-electron chi connectivity index (χ4n) is 2.83. The molecule has 0 saturated heterocycles. The Hall–Kier alpha value is -2.17. The second kappa shape index (κ2) is 13.6. The zero-order valence-corrected chi connectivity index (χ0v) is 26.3. The summed E-state index contributed by atoms with van der Waals surface area (Å²) in [7, 11) is -0.582. The van der Waals surface area contributed by atoms with E-state index in [1.807, 2.05) is 104 Å². The lowest BCUT2D eigenvalue weighted by Crippen LogP contribution is -2.09. The number of carbonyl (C=O) groups excluding carboxylic acids is 3. The highest BCUT2D eigenvalue weighted by atomic mass is 127. The van der Waals surface area contributed by atoms with Crippen LogP contribution in [0.5, 0.6) is 17.2 Å². The Balaban J connectivity index is 1.95. The van der Waals surface area contributed by atoms with Crippen molar-refractivity contribution in [3.05, 3.63) is 103 Å².